The van der Waals surface area contributed by atoms with E-state index in [0.717, 1.165) is 18.8 Å². The first kappa shape index (κ1) is 21.2. The minimum atomic E-state index is -0.779. The van der Waals surface area contributed by atoms with Crippen LogP contribution in [-0.2, 0) is 4.79 Å². The van der Waals surface area contributed by atoms with Gasteiger partial charge in [-0.25, -0.2) is 4.79 Å². The van der Waals surface area contributed by atoms with Crippen molar-refractivity contribution in [2.24, 2.45) is 5.92 Å². The second-order valence-electron chi connectivity index (χ2n) is 6.69. The van der Waals surface area contributed by atoms with Crippen LogP contribution in [0.25, 0.3) is 0 Å². The maximum atomic E-state index is 10.8. The lowest BCUT2D eigenvalue weighted by molar-refractivity contribution is -0.132. The lowest BCUT2D eigenvalue weighted by atomic mass is 9.90. The van der Waals surface area contributed by atoms with Crippen LogP contribution in [0.1, 0.15) is 104 Å². The lowest BCUT2D eigenvalue weighted by Gasteiger charge is -2.16. The van der Waals surface area contributed by atoms with Crippen LogP contribution >= 0.6 is 0 Å². The third-order valence-electron chi connectivity index (χ3n) is 4.54. The number of hydrogen-bond acceptors (Lipinski definition) is 1. The van der Waals surface area contributed by atoms with E-state index in [9.17, 15) is 4.79 Å². The van der Waals surface area contributed by atoms with Crippen molar-refractivity contribution in [1.29, 1.82) is 0 Å². The second kappa shape index (κ2) is 15.1. The van der Waals surface area contributed by atoms with Crippen LogP contribution < -0.4 is 0 Å². The third-order valence-corrected chi connectivity index (χ3v) is 4.54. The smallest absolute Gasteiger partial charge is 0.330 e. The van der Waals surface area contributed by atoms with Crippen molar-refractivity contribution in [3.05, 3.63) is 11.6 Å². The molecule has 0 radical (unpaired) electrons. The molecule has 0 rings (SSSR count). The molecule has 0 aromatic rings. The third kappa shape index (κ3) is 12.9. The molecule has 1 N–H and O–H groups in total. The van der Waals surface area contributed by atoms with Crippen LogP contribution in [-0.4, -0.2) is 11.1 Å². The molecule has 2 nitrogen and oxygen atoms in total. The summed E-state index contributed by atoms with van der Waals surface area (Å²) in [5, 5.41) is 8.90. The van der Waals surface area contributed by atoms with Gasteiger partial charge in [-0.2, -0.15) is 0 Å². The number of carboxylic acids is 1. The Morgan fingerprint density at radius 3 is 1.86 bits per heavy atom. The molecule has 0 aliphatic carbocycles. The summed E-state index contributed by atoms with van der Waals surface area (Å²) in [5.74, 6) is 0.00962. The molecule has 0 spiro atoms. The van der Waals surface area contributed by atoms with Crippen LogP contribution in [0.3, 0.4) is 0 Å². The summed E-state index contributed by atoms with van der Waals surface area (Å²) in [5.41, 5.74) is 0.493. The zero-order chi connectivity index (χ0) is 16.6. The Labute approximate surface area is 138 Å². The first-order chi connectivity index (χ1) is 10.6. The monoisotopic (exact) mass is 310 g/mol. The van der Waals surface area contributed by atoms with Crippen LogP contribution in [0, 0.1) is 5.92 Å². The van der Waals surface area contributed by atoms with E-state index in [0.29, 0.717) is 5.57 Å². The number of allylic oxidation sites excluding steroid dienone is 1. The van der Waals surface area contributed by atoms with Crippen molar-refractivity contribution in [2.45, 2.75) is 104 Å². The van der Waals surface area contributed by atoms with Gasteiger partial charge in [0.05, 0.1) is 0 Å². The van der Waals surface area contributed by atoms with Crippen LogP contribution in [0.15, 0.2) is 11.6 Å². The maximum absolute atomic E-state index is 10.8. The van der Waals surface area contributed by atoms with E-state index in [1.807, 2.05) is 6.08 Å². The molecular weight excluding hydrogens is 272 g/mol. The van der Waals surface area contributed by atoms with Gasteiger partial charge in [0.25, 0.3) is 0 Å². The van der Waals surface area contributed by atoms with Crippen LogP contribution in [0.2, 0.25) is 0 Å². The summed E-state index contributed by atoms with van der Waals surface area (Å²) in [6, 6.07) is 0. The Morgan fingerprint density at radius 2 is 1.36 bits per heavy atom. The fourth-order valence-corrected chi connectivity index (χ4v) is 2.95. The number of rotatable bonds is 15. The molecule has 0 aromatic heterocycles. The summed E-state index contributed by atoms with van der Waals surface area (Å²) in [6.07, 6.45) is 18.7. The normalized spacial score (nSPS) is 13.3. The summed E-state index contributed by atoms with van der Waals surface area (Å²) < 4.78 is 0. The van der Waals surface area contributed by atoms with Crippen molar-refractivity contribution in [1.82, 2.24) is 0 Å². The van der Waals surface area contributed by atoms with E-state index >= 15 is 0 Å². The highest BCUT2D eigenvalue weighted by molar-refractivity contribution is 5.85. The van der Waals surface area contributed by atoms with Gasteiger partial charge < -0.3 is 5.11 Å². The summed E-state index contributed by atoms with van der Waals surface area (Å²) in [7, 11) is 0. The van der Waals surface area contributed by atoms with E-state index in [-0.39, 0.29) is 0 Å². The van der Waals surface area contributed by atoms with Gasteiger partial charge in [-0.05, 0) is 25.7 Å². The van der Waals surface area contributed by atoms with Gasteiger partial charge >= 0.3 is 5.97 Å². The minimum absolute atomic E-state index is 0.493. The van der Waals surface area contributed by atoms with Crippen molar-refractivity contribution >= 4 is 5.97 Å². The van der Waals surface area contributed by atoms with Crippen molar-refractivity contribution < 1.29 is 9.90 Å². The van der Waals surface area contributed by atoms with Gasteiger partial charge in [0, 0.05) is 5.57 Å². The Kier molecular flexibility index (Phi) is 14.6. The van der Waals surface area contributed by atoms with Crippen LogP contribution in [0.5, 0.6) is 0 Å². The standard InChI is InChI=1S/C20H38O2/c1-4-6-8-10-12-16-19(15-11-9-7-5-2)17-13-14-18(3)20(21)22/h14,19H,4-13,15-17H2,1-3H3,(H,21,22). The molecule has 1 atom stereocenters. The molecular formula is C20H38O2. The number of carboxylic acid groups (broad SMARTS) is 1. The van der Waals surface area contributed by atoms with Crippen molar-refractivity contribution in [2.75, 3.05) is 0 Å². The van der Waals surface area contributed by atoms with Crippen LogP contribution in [0.4, 0.5) is 0 Å². The van der Waals surface area contributed by atoms with Gasteiger partial charge in [0.2, 0.25) is 0 Å². The molecule has 0 aliphatic rings. The summed E-state index contributed by atoms with van der Waals surface area (Å²) in [6.45, 7) is 6.21. The fraction of sp³-hybridized carbons (Fsp3) is 0.850. The highest BCUT2D eigenvalue weighted by Crippen LogP contribution is 2.23. The number of unbranched alkanes of at least 4 members (excludes halogenated alkanes) is 7. The van der Waals surface area contributed by atoms with Gasteiger partial charge in [0.15, 0.2) is 0 Å². The highest BCUT2D eigenvalue weighted by atomic mass is 16.4. The molecule has 0 aromatic carbocycles. The zero-order valence-corrected chi connectivity index (χ0v) is 15.2. The average molecular weight is 311 g/mol. The van der Waals surface area contributed by atoms with E-state index in [1.54, 1.807) is 6.92 Å². The largest absolute Gasteiger partial charge is 0.478 e. The minimum Gasteiger partial charge on any atom is -0.478 e. The van der Waals surface area contributed by atoms with Gasteiger partial charge in [-0.1, -0.05) is 90.6 Å². The highest BCUT2D eigenvalue weighted by Gasteiger charge is 2.08. The molecule has 2 heteroatoms. The SMILES string of the molecule is CCCCCCCC(CCC=C(C)C(=O)O)CCCCCC. The molecule has 0 fully saturated rings. The number of aliphatic carboxylic acids is 1. The van der Waals surface area contributed by atoms with E-state index in [1.165, 1.54) is 70.6 Å². The molecule has 0 saturated carbocycles. The van der Waals surface area contributed by atoms with E-state index in [2.05, 4.69) is 13.8 Å². The molecule has 0 saturated heterocycles. The number of carbonyl (C=O) groups is 1. The Hall–Kier alpha value is -0.790. The molecule has 22 heavy (non-hydrogen) atoms. The van der Waals surface area contributed by atoms with E-state index < -0.39 is 5.97 Å². The predicted octanol–water partition coefficient (Wildman–Crippen LogP) is 6.74. The van der Waals surface area contributed by atoms with Gasteiger partial charge in [-0.3, -0.25) is 0 Å². The molecule has 0 bridgehead atoms. The molecule has 0 heterocycles. The molecule has 0 amide bonds. The average Bonchev–Trinajstić information content (AvgIpc) is 2.50. The topological polar surface area (TPSA) is 37.3 Å². The molecule has 1 unspecified atom stereocenters. The molecule has 130 valence electrons. The lowest BCUT2D eigenvalue weighted by Crippen LogP contribution is -2.02. The second-order valence-corrected chi connectivity index (χ2v) is 6.69. The first-order valence-corrected chi connectivity index (χ1v) is 9.51. The Morgan fingerprint density at radius 1 is 0.864 bits per heavy atom. The van der Waals surface area contributed by atoms with Crippen molar-refractivity contribution in [3.63, 3.8) is 0 Å². The van der Waals surface area contributed by atoms with Crippen molar-refractivity contribution in [3.8, 4) is 0 Å². The summed E-state index contributed by atoms with van der Waals surface area (Å²) >= 11 is 0. The Bertz CT molecular complexity index is 294. The van der Waals surface area contributed by atoms with Gasteiger partial charge in [0.1, 0.15) is 0 Å². The quantitative estimate of drug-likeness (QED) is 0.268. The van der Waals surface area contributed by atoms with E-state index in [4.69, 9.17) is 5.11 Å². The first-order valence-electron chi connectivity index (χ1n) is 9.51. The molecule has 0 aliphatic heterocycles. The van der Waals surface area contributed by atoms with Gasteiger partial charge in [-0.15, -0.1) is 0 Å². The maximum Gasteiger partial charge on any atom is 0.330 e. The fourth-order valence-electron chi connectivity index (χ4n) is 2.95. The zero-order valence-electron chi connectivity index (χ0n) is 15.2. The predicted molar refractivity (Wildman–Crippen MR) is 96.3 cm³/mol. The Balaban J connectivity index is 4.03. The number of hydrogen-bond donors (Lipinski definition) is 1. The summed E-state index contributed by atoms with van der Waals surface area (Å²) in [4.78, 5) is 10.8.